The van der Waals surface area contributed by atoms with Crippen molar-refractivity contribution in [2.75, 3.05) is 19.1 Å². The molecule has 0 spiro atoms. The van der Waals surface area contributed by atoms with Crippen LogP contribution in [0.2, 0.25) is 0 Å². The van der Waals surface area contributed by atoms with Crippen molar-refractivity contribution in [3.05, 3.63) is 76.2 Å². The Morgan fingerprint density at radius 3 is 2.28 bits per heavy atom. The van der Waals surface area contributed by atoms with Crippen LogP contribution >= 0.6 is 0 Å². The van der Waals surface area contributed by atoms with Crippen LogP contribution in [0.5, 0.6) is 11.6 Å². The SMILES string of the molecule is CC[C@H](C1CCC(C(=O)OC)CC1)N(C)c1nc2c(c(Oc3c(F)c(F)cc(F)c3F)n1)CC(c1ccccc1F)CC2. The van der Waals surface area contributed by atoms with Crippen LogP contribution in [0.1, 0.15) is 68.2 Å². The van der Waals surface area contributed by atoms with Crippen molar-refractivity contribution < 1.29 is 36.2 Å². The van der Waals surface area contributed by atoms with Gasteiger partial charge in [0.1, 0.15) is 5.82 Å². The third kappa shape index (κ3) is 6.17. The normalized spacial score (nSPS) is 20.7. The van der Waals surface area contributed by atoms with Crippen LogP contribution in [0.25, 0.3) is 0 Å². The lowest BCUT2D eigenvalue weighted by Crippen LogP contribution is -2.41. The van der Waals surface area contributed by atoms with Crippen molar-refractivity contribution >= 4 is 11.9 Å². The molecule has 2 aliphatic carbocycles. The average molecular weight is 604 g/mol. The number of carbonyl (C=O) groups excluding carboxylic acids is 1. The number of halogens is 5. The van der Waals surface area contributed by atoms with Gasteiger partial charge in [-0.15, -0.1) is 0 Å². The smallest absolute Gasteiger partial charge is 0.308 e. The van der Waals surface area contributed by atoms with Gasteiger partial charge in [-0.1, -0.05) is 25.1 Å². The Labute approximate surface area is 247 Å². The summed E-state index contributed by atoms with van der Waals surface area (Å²) >= 11 is 0. The van der Waals surface area contributed by atoms with Gasteiger partial charge in [-0.05, 0) is 74.8 Å². The molecule has 1 aromatic heterocycles. The van der Waals surface area contributed by atoms with Crippen LogP contribution in [0.3, 0.4) is 0 Å². The predicted octanol–water partition coefficient (Wildman–Crippen LogP) is 7.43. The molecule has 3 aromatic rings. The van der Waals surface area contributed by atoms with E-state index in [1.54, 1.807) is 18.2 Å². The summed E-state index contributed by atoms with van der Waals surface area (Å²) in [5, 5.41) is 0. The first kappa shape index (κ1) is 30.7. The minimum atomic E-state index is -1.68. The first-order valence-electron chi connectivity index (χ1n) is 14.6. The largest absolute Gasteiger partial charge is 0.469 e. The molecule has 0 saturated heterocycles. The van der Waals surface area contributed by atoms with E-state index in [0.717, 1.165) is 19.3 Å². The maximum Gasteiger partial charge on any atom is 0.308 e. The number of hydrogen-bond acceptors (Lipinski definition) is 6. The van der Waals surface area contributed by atoms with E-state index in [9.17, 15) is 26.7 Å². The van der Waals surface area contributed by atoms with Crippen LogP contribution in [0.4, 0.5) is 27.9 Å². The van der Waals surface area contributed by atoms with Crippen molar-refractivity contribution in [1.29, 1.82) is 0 Å². The van der Waals surface area contributed by atoms with E-state index in [0.29, 0.717) is 42.5 Å². The van der Waals surface area contributed by atoms with Gasteiger partial charge in [-0.2, -0.15) is 13.8 Å². The summed E-state index contributed by atoms with van der Waals surface area (Å²) in [6.07, 6.45) is 4.86. The first-order valence-corrected chi connectivity index (χ1v) is 14.6. The first-order chi connectivity index (χ1) is 20.6. The fourth-order valence-electron chi connectivity index (χ4n) is 6.60. The Morgan fingerprint density at radius 1 is 0.977 bits per heavy atom. The highest BCUT2D eigenvalue weighted by Gasteiger charge is 2.35. The van der Waals surface area contributed by atoms with E-state index < -0.39 is 29.0 Å². The molecule has 0 amide bonds. The van der Waals surface area contributed by atoms with Gasteiger partial charge >= 0.3 is 5.97 Å². The fourth-order valence-corrected chi connectivity index (χ4v) is 6.60. The molecule has 11 heteroatoms. The van der Waals surface area contributed by atoms with Gasteiger partial charge in [0.25, 0.3) is 0 Å². The number of hydrogen-bond donors (Lipinski definition) is 0. The van der Waals surface area contributed by atoms with Crippen molar-refractivity contribution in [3.8, 4) is 11.6 Å². The lowest BCUT2D eigenvalue weighted by Gasteiger charge is -2.38. The molecule has 0 radical (unpaired) electrons. The highest BCUT2D eigenvalue weighted by Crippen LogP contribution is 2.41. The summed E-state index contributed by atoms with van der Waals surface area (Å²) in [7, 11) is 3.21. The molecule has 0 bridgehead atoms. The van der Waals surface area contributed by atoms with Crippen LogP contribution in [0, 0.1) is 40.9 Å². The minimum absolute atomic E-state index is 0.0284. The lowest BCUT2D eigenvalue weighted by molar-refractivity contribution is -0.146. The fraction of sp³-hybridized carbons (Fsp3) is 0.469. The van der Waals surface area contributed by atoms with Crippen LogP contribution in [-0.2, 0) is 22.4 Å². The summed E-state index contributed by atoms with van der Waals surface area (Å²) in [6.45, 7) is 2.03. The number of aromatic nitrogens is 2. The van der Waals surface area contributed by atoms with Crippen molar-refractivity contribution in [1.82, 2.24) is 9.97 Å². The number of aryl methyl sites for hydroxylation is 1. The van der Waals surface area contributed by atoms with Crippen molar-refractivity contribution in [2.45, 2.75) is 70.3 Å². The number of rotatable bonds is 8. The second-order valence-corrected chi connectivity index (χ2v) is 11.3. The van der Waals surface area contributed by atoms with E-state index >= 15 is 0 Å². The molecule has 0 aliphatic heterocycles. The van der Waals surface area contributed by atoms with E-state index in [1.807, 2.05) is 18.9 Å². The van der Waals surface area contributed by atoms with Gasteiger partial charge in [0.15, 0.2) is 11.6 Å². The number of benzene rings is 2. The Bertz CT molecular complexity index is 1470. The molecule has 43 heavy (non-hydrogen) atoms. The molecule has 6 nitrogen and oxygen atoms in total. The predicted molar refractivity (Wildman–Crippen MR) is 149 cm³/mol. The Kier molecular flexibility index (Phi) is 9.17. The minimum Gasteiger partial charge on any atom is -0.469 e. The number of fused-ring (bicyclic) bond motifs is 1. The monoisotopic (exact) mass is 603 g/mol. The van der Waals surface area contributed by atoms with E-state index in [4.69, 9.17) is 14.5 Å². The average Bonchev–Trinajstić information content (AvgIpc) is 3.02. The number of nitrogens with zero attached hydrogens (tertiary/aromatic N) is 3. The molecule has 2 atom stereocenters. The maximum absolute atomic E-state index is 14.7. The molecule has 5 rings (SSSR count). The third-order valence-electron chi connectivity index (χ3n) is 8.92. The number of anilines is 1. The van der Waals surface area contributed by atoms with Crippen LogP contribution in [0.15, 0.2) is 30.3 Å². The Balaban J connectivity index is 1.51. The zero-order valence-corrected chi connectivity index (χ0v) is 24.3. The van der Waals surface area contributed by atoms with Gasteiger partial charge < -0.3 is 14.4 Å². The molecule has 0 N–H and O–H groups in total. The molecular weight excluding hydrogens is 569 g/mol. The number of ether oxygens (including phenoxy) is 2. The van der Waals surface area contributed by atoms with E-state index in [-0.39, 0.29) is 59.9 Å². The second kappa shape index (κ2) is 12.9. The Hall–Kier alpha value is -3.76. The second-order valence-electron chi connectivity index (χ2n) is 11.3. The zero-order chi connectivity index (χ0) is 30.8. The highest BCUT2D eigenvalue weighted by atomic mass is 19.2. The maximum atomic E-state index is 14.7. The van der Waals surface area contributed by atoms with Gasteiger partial charge in [0.05, 0.1) is 18.7 Å². The number of esters is 1. The van der Waals surface area contributed by atoms with Crippen LogP contribution in [-0.4, -0.2) is 36.1 Å². The van der Waals surface area contributed by atoms with Gasteiger partial charge in [-0.3, -0.25) is 4.79 Å². The zero-order valence-electron chi connectivity index (χ0n) is 24.3. The topological polar surface area (TPSA) is 64.5 Å². The summed E-state index contributed by atoms with van der Waals surface area (Å²) in [6, 6.07) is 6.44. The summed E-state index contributed by atoms with van der Waals surface area (Å²) in [4.78, 5) is 23.3. The molecule has 1 fully saturated rings. The van der Waals surface area contributed by atoms with E-state index in [2.05, 4.69) is 4.98 Å². The quantitative estimate of drug-likeness (QED) is 0.152. The standard InChI is InChI=1S/C32H34F5N3O3/c1-4-26(17-9-11-18(12-10-17)31(41)42-3)40(2)32-38-25-14-13-19(20-7-5-6-8-22(20)33)15-21(25)30(39-32)43-29-27(36)23(34)16-24(35)28(29)37/h5-8,16-19,26H,4,9-15H2,1-3H3/t17?,18?,19?,26-/m1/s1. The van der Waals surface area contributed by atoms with Crippen molar-refractivity contribution in [2.24, 2.45) is 11.8 Å². The summed E-state index contributed by atoms with van der Waals surface area (Å²) < 4.78 is 82.7. The molecule has 1 heterocycles. The van der Waals surface area contributed by atoms with Crippen molar-refractivity contribution in [3.63, 3.8) is 0 Å². The molecule has 1 saturated carbocycles. The Morgan fingerprint density at radius 2 is 1.65 bits per heavy atom. The molecular formula is C32H34F5N3O3. The third-order valence-corrected chi connectivity index (χ3v) is 8.92. The summed E-state index contributed by atoms with van der Waals surface area (Å²) in [5.41, 5.74) is 1.43. The molecule has 1 unspecified atom stereocenters. The summed E-state index contributed by atoms with van der Waals surface area (Å²) in [5.74, 6) is -8.62. The van der Waals surface area contributed by atoms with Gasteiger partial charge in [-0.25, -0.2) is 18.2 Å². The molecule has 2 aliphatic rings. The van der Waals surface area contributed by atoms with Gasteiger partial charge in [0.2, 0.25) is 29.2 Å². The number of carbonyl (C=O) groups is 1. The molecule has 2 aromatic carbocycles. The highest BCUT2D eigenvalue weighted by molar-refractivity contribution is 5.72. The van der Waals surface area contributed by atoms with E-state index in [1.165, 1.54) is 13.2 Å². The lowest BCUT2D eigenvalue weighted by atomic mass is 9.77. The molecule has 230 valence electrons. The van der Waals surface area contributed by atoms with Gasteiger partial charge in [0, 0.05) is 24.7 Å². The number of methoxy groups -OCH3 is 1. The van der Waals surface area contributed by atoms with Crippen LogP contribution < -0.4 is 9.64 Å².